The van der Waals surface area contributed by atoms with Crippen LogP contribution >= 0.6 is 0 Å². The van der Waals surface area contributed by atoms with Crippen LogP contribution in [0.3, 0.4) is 0 Å². The summed E-state index contributed by atoms with van der Waals surface area (Å²) in [5.41, 5.74) is 0.676. The predicted octanol–water partition coefficient (Wildman–Crippen LogP) is 0.311. The number of carbonyl (C=O) groups is 2. The number of allylic oxidation sites excluding steroid dienone is 3. The largest absolute Gasteiger partial charge is 0.325 e. The highest BCUT2D eigenvalue weighted by atomic mass is 16.1. The minimum Gasteiger partial charge on any atom is -0.325 e. The van der Waals surface area contributed by atoms with Crippen LogP contribution in [0.5, 0.6) is 0 Å². The Morgan fingerprint density at radius 3 is 2.75 bits per heavy atom. The number of amides is 1. The molecule has 1 N–H and O–H groups in total. The van der Waals surface area contributed by atoms with Crippen LogP contribution in [0.2, 0.25) is 0 Å². The zero-order valence-electron chi connectivity index (χ0n) is 6.28. The molecule has 1 amide bonds. The van der Waals surface area contributed by atoms with Gasteiger partial charge in [0, 0.05) is 23.8 Å². The van der Waals surface area contributed by atoms with E-state index in [0.29, 0.717) is 5.70 Å². The van der Waals surface area contributed by atoms with E-state index in [-0.39, 0.29) is 17.6 Å². The molecule has 0 fully saturated rings. The molecule has 12 heavy (non-hydrogen) atoms. The zero-order valence-corrected chi connectivity index (χ0v) is 6.28. The Balaban J connectivity index is 2.36. The molecule has 1 aliphatic heterocycles. The highest BCUT2D eigenvalue weighted by molar-refractivity contribution is 6.02. The molecular weight excluding hydrogens is 154 g/mol. The minimum atomic E-state index is -0.166. The Morgan fingerprint density at radius 2 is 1.92 bits per heavy atom. The van der Waals surface area contributed by atoms with Crippen LogP contribution in [0.15, 0.2) is 36.1 Å². The smallest absolute Gasteiger partial charge is 0.247 e. The van der Waals surface area contributed by atoms with Crippen molar-refractivity contribution in [3.63, 3.8) is 0 Å². The molecule has 3 nitrogen and oxygen atoms in total. The van der Waals surface area contributed by atoms with Crippen molar-refractivity contribution in [2.24, 2.45) is 5.92 Å². The van der Waals surface area contributed by atoms with Crippen molar-refractivity contribution in [3.05, 3.63) is 36.1 Å². The molecule has 2 aliphatic rings. The van der Waals surface area contributed by atoms with Crippen molar-refractivity contribution in [2.75, 3.05) is 0 Å². The number of rotatable bonds is 0. The van der Waals surface area contributed by atoms with Crippen molar-refractivity contribution in [1.29, 1.82) is 0 Å². The first kappa shape index (κ1) is 7.03. The van der Waals surface area contributed by atoms with Gasteiger partial charge in [-0.15, -0.1) is 0 Å². The summed E-state index contributed by atoms with van der Waals surface area (Å²) in [5.74, 6) is -0.169. The van der Waals surface area contributed by atoms with Gasteiger partial charge < -0.3 is 5.32 Å². The molecule has 1 aliphatic carbocycles. The summed E-state index contributed by atoms with van der Waals surface area (Å²) in [7, 11) is 0. The number of ketones is 1. The number of hydrogen-bond acceptors (Lipinski definition) is 2. The summed E-state index contributed by atoms with van der Waals surface area (Å²) in [4.78, 5) is 21.7. The van der Waals surface area contributed by atoms with E-state index in [2.05, 4.69) is 5.32 Å². The zero-order chi connectivity index (χ0) is 8.55. The maximum absolute atomic E-state index is 10.9. The highest BCUT2D eigenvalue weighted by Gasteiger charge is 2.19. The molecule has 1 atom stereocenters. The first-order valence-corrected chi connectivity index (χ1v) is 3.68. The second kappa shape index (κ2) is 2.44. The number of hydrogen-bond donors (Lipinski definition) is 1. The highest BCUT2D eigenvalue weighted by Crippen LogP contribution is 2.19. The topological polar surface area (TPSA) is 46.2 Å². The van der Waals surface area contributed by atoms with Gasteiger partial charge in [-0.05, 0) is 6.08 Å². The number of nitrogens with one attached hydrogen (secondary N) is 1. The summed E-state index contributed by atoms with van der Waals surface area (Å²) in [6, 6.07) is 0. The first-order valence-electron chi connectivity index (χ1n) is 3.68. The van der Waals surface area contributed by atoms with Gasteiger partial charge in [-0.25, -0.2) is 0 Å². The molecule has 2 rings (SSSR count). The van der Waals surface area contributed by atoms with Crippen molar-refractivity contribution in [1.82, 2.24) is 5.32 Å². The average Bonchev–Trinajstić information content (AvgIpc) is 2.03. The first-order chi connectivity index (χ1) is 5.75. The fraction of sp³-hybridized carbons (Fsp3) is 0.111. The molecule has 0 saturated carbocycles. The lowest BCUT2D eigenvalue weighted by molar-refractivity contribution is -0.116. The van der Waals surface area contributed by atoms with Crippen molar-refractivity contribution >= 4 is 11.7 Å². The molecule has 1 heterocycles. The van der Waals surface area contributed by atoms with Gasteiger partial charge in [-0.3, -0.25) is 9.59 Å². The summed E-state index contributed by atoms with van der Waals surface area (Å²) < 4.78 is 0. The molecular formula is C9H7NO2. The Bertz CT molecular complexity index is 336. The second-order valence-electron chi connectivity index (χ2n) is 2.74. The fourth-order valence-corrected chi connectivity index (χ4v) is 1.26. The third-order valence-electron chi connectivity index (χ3n) is 1.85. The number of carbonyl (C=O) groups excluding carboxylic acids is 2. The van der Waals surface area contributed by atoms with Crippen molar-refractivity contribution in [3.8, 4) is 0 Å². The Kier molecular flexibility index (Phi) is 1.43. The third-order valence-corrected chi connectivity index (χ3v) is 1.85. The fourth-order valence-electron chi connectivity index (χ4n) is 1.26. The van der Waals surface area contributed by atoms with Gasteiger partial charge in [0.25, 0.3) is 0 Å². The van der Waals surface area contributed by atoms with Gasteiger partial charge in [0.05, 0.1) is 0 Å². The van der Waals surface area contributed by atoms with E-state index in [0.717, 1.165) is 0 Å². The van der Waals surface area contributed by atoms with E-state index in [1.807, 2.05) is 0 Å². The van der Waals surface area contributed by atoms with Crippen LogP contribution < -0.4 is 5.32 Å². The van der Waals surface area contributed by atoms with Gasteiger partial charge >= 0.3 is 0 Å². The maximum atomic E-state index is 10.9. The van der Waals surface area contributed by atoms with Crippen LogP contribution in [0.1, 0.15) is 0 Å². The average molecular weight is 161 g/mol. The van der Waals surface area contributed by atoms with Crippen LogP contribution in [-0.4, -0.2) is 11.7 Å². The molecule has 0 spiro atoms. The standard InChI is InChI=1S/C9H7NO2/c11-7-3-1-6-2-4-9(12)10-8(6)5-7/h1-6H,(H,10,12). The Labute approximate surface area is 69.5 Å². The lowest BCUT2D eigenvalue weighted by Crippen LogP contribution is -2.30. The third kappa shape index (κ3) is 1.09. The molecule has 0 saturated heterocycles. The van der Waals surface area contributed by atoms with Gasteiger partial charge in [-0.1, -0.05) is 12.2 Å². The quantitative estimate of drug-likeness (QED) is 0.555. The predicted molar refractivity (Wildman–Crippen MR) is 43.0 cm³/mol. The SMILES string of the molecule is O=C1C=CC2C=CC(=O)NC2=C1. The van der Waals surface area contributed by atoms with E-state index >= 15 is 0 Å². The molecule has 0 radical (unpaired) electrons. The van der Waals surface area contributed by atoms with Crippen LogP contribution in [0.4, 0.5) is 0 Å². The lowest BCUT2D eigenvalue weighted by atomic mass is 9.96. The summed E-state index contributed by atoms with van der Waals surface area (Å²) in [5, 5.41) is 2.61. The Morgan fingerprint density at radius 1 is 1.17 bits per heavy atom. The van der Waals surface area contributed by atoms with E-state index in [4.69, 9.17) is 0 Å². The summed E-state index contributed by atoms with van der Waals surface area (Å²) in [6.45, 7) is 0. The monoisotopic (exact) mass is 161 g/mol. The second-order valence-corrected chi connectivity index (χ2v) is 2.74. The van der Waals surface area contributed by atoms with Crippen LogP contribution in [0, 0.1) is 5.92 Å². The minimum absolute atomic E-state index is 0.0698. The normalized spacial score (nSPS) is 26.3. The van der Waals surface area contributed by atoms with Crippen LogP contribution in [-0.2, 0) is 9.59 Å². The van der Waals surface area contributed by atoms with E-state index in [9.17, 15) is 9.59 Å². The van der Waals surface area contributed by atoms with Crippen molar-refractivity contribution < 1.29 is 9.59 Å². The molecule has 3 heteroatoms. The molecule has 0 bridgehead atoms. The van der Waals surface area contributed by atoms with Gasteiger partial charge in [-0.2, -0.15) is 0 Å². The molecule has 0 aromatic heterocycles. The van der Waals surface area contributed by atoms with E-state index in [1.165, 1.54) is 18.2 Å². The molecule has 60 valence electrons. The summed E-state index contributed by atoms with van der Waals surface area (Å²) >= 11 is 0. The molecule has 0 aromatic carbocycles. The molecule has 0 aromatic rings. The van der Waals surface area contributed by atoms with Gasteiger partial charge in [0.2, 0.25) is 5.91 Å². The number of fused-ring (bicyclic) bond motifs is 1. The van der Waals surface area contributed by atoms with Crippen molar-refractivity contribution in [2.45, 2.75) is 0 Å². The maximum Gasteiger partial charge on any atom is 0.247 e. The van der Waals surface area contributed by atoms with Crippen LogP contribution in [0.25, 0.3) is 0 Å². The van der Waals surface area contributed by atoms with Gasteiger partial charge in [0.1, 0.15) is 0 Å². The Hall–Kier alpha value is -1.64. The molecule has 1 unspecified atom stereocenters. The lowest BCUT2D eigenvalue weighted by Gasteiger charge is -2.19. The van der Waals surface area contributed by atoms with E-state index in [1.54, 1.807) is 12.2 Å². The summed E-state index contributed by atoms with van der Waals surface area (Å²) in [6.07, 6.45) is 7.98. The van der Waals surface area contributed by atoms with E-state index < -0.39 is 0 Å². The van der Waals surface area contributed by atoms with Gasteiger partial charge in [0.15, 0.2) is 5.78 Å².